The van der Waals surface area contributed by atoms with Gasteiger partial charge in [0, 0.05) is 10.6 Å². The van der Waals surface area contributed by atoms with Crippen LogP contribution in [0.25, 0.3) is 0 Å². The van der Waals surface area contributed by atoms with Crippen molar-refractivity contribution in [3.05, 3.63) is 34.9 Å². The molecule has 0 spiro atoms. The normalized spacial score (nSPS) is 19.6. The van der Waals surface area contributed by atoms with Crippen molar-refractivity contribution in [1.29, 1.82) is 0 Å². The largest absolute Gasteiger partial charge is 0.308 e. The minimum atomic E-state index is 0.206. The molecule has 0 bridgehead atoms. The average Bonchev–Trinajstić information content (AvgIpc) is 2.31. The van der Waals surface area contributed by atoms with Gasteiger partial charge in [0.2, 0.25) is 0 Å². The summed E-state index contributed by atoms with van der Waals surface area (Å²) in [7, 11) is 0. The molecule has 0 aromatic heterocycles. The Bertz CT molecular complexity index is 320. The molecule has 16 heavy (non-hydrogen) atoms. The third kappa shape index (κ3) is 2.41. The average molecular weight is 238 g/mol. The van der Waals surface area contributed by atoms with Gasteiger partial charge in [-0.05, 0) is 37.1 Å². The second-order valence-electron chi connectivity index (χ2n) is 4.68. The molecule has 1 aliphatic carbocycles. The van der Waals surface area contributed by atoms with E-state index < -0.39 is 0 Å². The Morgan fingerprint density at radius 2 is 1.75 bits per heavy atom. The fraction of sp³-hybridized carbons (Fsp3) is 0.571. The number of hydrogen-bond donors (Lipinski definition) is 1. The highest BCUT2D eigenvalue weighted by Crippen LogP contribution is 2.37. The summed E-state index contributed by atoms with van der Waals surface area (Å²) in [6.45, 7) is 3.22. The van der Waals surface area contributed by atoms with E-state index in [9.17, 15) is 0 Å². The van der Waals surface area contributed by atoms with Crippen molar-refractivity contribution in [2.24, 2.45) is 0 Å². The van der Waals surface area contributed by atoms with Crippen LogP contribution in [0, 0.1) is 0 Å². The maximum absolute atomic E-state index is 5.95. The summed E-state index contributed by atoms with van der Waals surface area (Å²) in [5.41, 5.74) is 1.61. The fourth-order valence-corrected chi connectivity index (χ4v) is 2.96. The molecule has 1 N–H and O–H groups in total. The van der Waals surface area contributed by atoms with Crippen molar-refractivity contribution >= 4 is 11.6 Å². The molecule has 1 saturated carbocycles. The van der Waals surface area contributed by atoms with E-state index in [2.05, 4.69) is 24.4 Å². The molecule has 1 nitrogen and oxygen atoms in total. The maximum atomic E-state index is 5.95. The van der Waals surface area contributed by atoms with Gasteiger partial charge >= 0.3 is 0 Å². The lowest BCUT2D eigenvalue weighted by Crippen LogP contribution is -2.43. The van der Waals surface area contributed by atoms with Crippen molar-refractivity contribution < 1.29 is 0 Å². The van der Waals surface area contributed by atoms with Crippen LogP contribution in [0.1, 0.15) is 44.6 Å². The van der Waals surface area contributed by atoms with E-state index in [0.29, 0.717) is 0 Å². The molecule has 1 aliphatic rings. The van der Waals surface area contributed by atoms with Gasteiger partial charge in [-0.2, -0.15) is 0 Å². The predicted molar refractivity (Wildman–Crippen MR) is 69.9 cm³/mol. The smallest absolute Gasteiger partial charge is 0.0434 e. The van der Waals surface area contributed by atoms with Crippen LogP contribution in [0.4, 0.5) is 0 Å². The van der Waals surface area contributed by atoms with Crippen LogP contribution in [-0.2, 0) is 5.54 Å². The summed E-state index contributed by atoms with van der Waals surface area (Å²) in [4.78, 5) is 0. The van der Waals surface area contributed by atoms with Crippen LogP contribution in [0.2, 0.25) is 5.02 Å². The van der Waals surface area contributed by atoms with Gasteiger partial charge in [0.1, 0.15) is 0 Å². The van der Waals surface area contributed by atoms with Gasteiger partial charge in [-0.3, -0.25) is 0 Å². The third-order valence-electron chi connectivity index (χ3n) is 3.62. The Labute approximate surface area is 103 Å². The summed E-state index contributed by atoms with van der Waals surface area (Å²) >= 11 is 5.95. The lowest BCUT2D eigenvalue weighted by molar-refractivity contribution is 0.238. The standard InChI is InChI=1S/C14H20ClN/c1-2-16-14(10-4-3-5-11-14)12-6-8-13(15)9-7-12/h6-9,16H,2-5,10-11H2,1H3. The molecule has 1 aromatic carbocycles. The molecule has 88 valence electrons. The number of benzene rings is 1. The molecule has 1 fully saturated rings. The van der Waals surface area contributed by atoms with E-state index in [1.165, 1.54) is 37.7 Å². The van der Waals surface area contributed by atoms with Crippen LogP contribution in [0.5, 0.6) is 0 Å². The molecular formula is C14H20ClN. The first kappa shape index (κ1) is 11.9. The van der Waals surface area contributed by atoms with Crippen LogP contribution in [0.3, 0.4) is 0 Å². The lowest BCUT2D eigenvalue weighted by Gasteiger charge is -2.38. The van der Waals surface area contributed by atoms with E-state index in [-0.39, 0.29) is 5.54 Å². The number of rotatable bonds is 3. The first-order valence-corrected chi connectivity index (χ1v) is 6.66. The zero-order chi connectivity index (χ0) is 11.4. The van der Waals surface area contributed by atoms with E-state index in [4.69, 9.17) is 11.6 Å². The molecule has 2 rings (SSSR count). The minimum absolute atomic E-state index is 0.206. The van der Waals surface area contributed by atoms with Gasteiger partial charge in [0.15, 0.2) is 0 Å². The highest BCUT2D eigenvalue weighted by molar-refractivity contribution is 6.30. The molecule has 0 unspecified atom stereocenters. The Hall–Kier alpha value is -0.530. The zero-order valence-electron chi connectivity index (χ0n) is 9.93. The van der Waals surface area contributed by atoms with Crippen LogP contribution in [-0.4, -0.2) is 6.54 Å². The molecule has 0 amide bonds. The molecule has 2 heteroatoms. The van der Waals surface area contributed by atoms with Gasteiger partial charge in [0.05, 0.1) is 0 Å². The highest BCUT2D eigenvalue weighted by Gasteiger charge is 2.32. The molecule has 0 radical (unpaired) electrons. The van der Waals surface area contributed by atoms with Gasteiger partial charge in [-0.1, -0.05) is 49.9 Å². The first-order valence-electron chi connectivity index (χ1n) is 6.28. The number of nitrogens with one attached hydrogen (secondary N) is 1. The fourth-order valence-electron chi connectivity index (χ4n) is 2.83. The molecule has 0 heterocycles. The monoisotopic (exact) mass is 237 g/mol. The highest BCUT2D eigenvalue weighted by atomic mass is 35.5. The summed E-state index contributed by atoms with van der Waals surface area (Å²) < 4.78 is 0. The summed E-state index contributed by atoms with van der Waals surface area (Å²) in [6, 6.07) is 8.36. The second kappa shape index (κ2) is 5.20. The van der Waals surface area contributed by atoms with Gasteiger partial charge in [0.25, 0.3) is 0 Å². The van der Waals surface area contributed by atoms with Crippen molar-refractivity contribution in [2.75, 3.05) is 6.54 Å². The Kier molecular flexibility index (Phi) is 3.88. The van der Waals surface area contributed by atoms with E-state index in [0.717, 1.165) is 11.6 Å². The lowest BCUT2D eigenvalue weighted by atomic mass is 9.76. The second-order valence-corrected chi connectivity index (χ2v) is 5.12. The third-order valence-corrected chi connectivity index (χ3v) is 3.87. The Balaban J connectivity index is 2.26. The summed E-state index contributed by atoms with van der Waals surface area (Å²) in [5.74, 6) is 0. The van der Waals surface area contributed by atoms with Crippen molar-refractivity contribution in [3.8, 4) is 0 Å². The molecule has 1 aromatic rings. The topological polar surface area (TPSA) is 12.0 Å². The Morgan fingerprint density at radius 1 is 1.12 bits per heavy atom. The SMILES string of the molecule is CCNC1(c2ccc(Cl)cc2)CCCCC1. The van der Waals surface area contributed by atoms with Crippen molar-refractivity contribution in [3.63, 3.8) is 0 Å². The predicted octanol–water partition coefficient (Wildman–Crippen LogP) is 4.11. The van der Waals surface area contributed by atoms with Crippen molar-refractivity contribution in [1.82, 2.24) is 5.32 Å². The van der Waals surface area contributed by atoms with Crippen LogP contribution >= 0.6 is 11.6 Å². The first-order chi connectivity index (χ1) is 7.77. The van der Waals surface area contributed by atoms with Crippen molar-refractivity contribution in [2.45, 2.75) is 44.6 Å². The summed E-state index contributed by atoms with van der Waals surface area (Å²) in [5, 5.41) is 4.52. The quantitative estimate of drug-likeness (QED) is 0.834. The van der Waals surface area contributed by atoms with Crippen LogP contribution in [0.15, 0.2) is 24.3 Å². The number of halogens is 1. The molecular weight excluding hydrogens is 218 g/mol. The molecule has 0 saturated heterocycles. The van der Waals surface area contributed by atoms with E-state index in [1.54, 1.807) is 0 Å². The minimum Gasteiger partial charge on any atom is -0.308 e. The van der Waals surface area contributed by atoms with Gasteiger partial charge in [-0.15, -0.1) is 0 Å². The zero-order valence-corrected chi connectivity index (χ0v) is 10.7. The Morgan fingerprint density at radius 3 is 2.31 bits per heavy atom. The van der Waals surface area contributed by atoms with E-state index >= 15 is 0 Å². The van der Waals surface area contributed by atoms with E-state index in [1.807, 2.05) is 12.1 Å². The van der Waals surface area contributed by atoms with Crippen LogP contribution < -0.4 is 5.32 Å². The number of hydrogen-bond acceptors (Lipinski definition) is 1. The summed E-state index contributed by atoms with van der Waals surface area (Å²) in [6.07, 6.45) is 6.54. The molecule has 0 aliphatic heterocycles. The maximum Gasteiger partial charge on any atom is 0.0434 e. The molecule has 0 atom stereocenters. The van der Waals surface area contributed by atoms with Gasteiger partial charge in [-0.25, -0.2) is 0 Å². The van der Waals surface area contributed by atoms with Gasteiger partial charge < -0.3 is 5.32 Å².